The number of benzene rings is 2. The molecular weight excluding hydrogens is 392 g/mol. The minimum absolute atomic E-state index is 0.288. The number of nitrogens with one attached hydrogen (secondary N) is 1. The second kappa shape index (κ2) is 7.59. The van der Waals surface area contributed by atoms with Crippen molar-refractivity contribution in [3.63, 3.8) is 0 Å². The first-order valence-electron chi connectivity index (χ1n) is 9.22. The summed E-state index contributed by atoms with van der Waals surface area (Å²) in [6.07, 6.45) is 1.68. The van der Waals surface area contributed by atoms with Crippen molar-refractivity contribution < 1.29 is 22.7 Å². The van der Waals surface area contributed by atoms with E-state index >= 15 is 0 Å². The van der Waals surface area contributed by atoms with E-state index in [1.807, 2.05) is 26.0 Å². The van der Waals surface area contributed by atoms with Crippen LogP contribution in [0.5, 0.6) is 11.5 Å². The Labute approximate surface area is 171 Å². The van der Waals surface area contributed by atoms with Crippen molar-refractivity contribution >= 4 is 21.6 Å². The summed E-state index contributed by atoms with van der Waals surface area (Å²) in [5, 5.41) is 3.05. The van der Waals surface area contributed by atoms with Crippen LogP contribution in [0, 0.1) is 0 Å². The highest BCUT2D eigenvalue weighted by Gasteiger charge is 2.35. The summed E-state index contributed by atoms with van der Waals surface area (Å²) in [4.78, 5) is 13.1. The fourth-order valence-electron chi connectivity index (χ4n) is 3.44. The molecule has 0 fully saturated rings. The number of hydrogen-bond acceptors (Lipinski definition) is 5. The van der Waals surface area contributed by atoms with E-state index in [1.165, 1.54) is 7.05 Å². The zero-order chi connectivity index (χ0) is 21.4. The molecule has 0 radical (unpaired) electrons. The summed E-state index contributed by atoms with van der Waals surface area (Å²) in [6, 6.07) is 11.9. The van der Waals surface area contributed by atoms with Crippen LogP contribution in [0.3, 0.4) is 0 Å². The SMILES string of the molecule is COc1ccc2c(c1)OC(C)(C)CC2NC(=O)c1ccccc1N(C)S(C)(=O)=O. The highest BCUT2D eigenvalue weighted by molar-refractivity contribution is 7.92. The molecule has 3 rings (SSSR count). The summed E-state index contributed by atoms with van der Waals surface area (Å²) in [5.41, 5.74) is 0.987. The van der Waals surface area contributed by atoms with Gasteiger partial charge in [0.05, 0.1) is 30.7 Å². The van der Waals surface area contributed by atoms with Crippen LogP contribution in [0.4, 0.5) is 5.69 Å². The first-order valence-corrected chi connectivity index (χ1v) is 11.1. The number of nitrogens with zero attached hydrogens (tertiary/aromatic N) is 1. The van der Waals surface area contributed by atoms with Gasteiger partial charge in [0.1, 0.15) is 17.1 Å². The largest absolute Gasteiger partial charge is 0.497 e. The lowest BCUT2D eigenvalue weighted by atomic mass is 9.89. The van der Waals surface area contributed by atoms with Gasteiger partial charge in [-0.05, 0) is 38.1 Å². The normalized spacial score (nSPS) is 17.6. The molecule has 0 bridgehead atoms. The van der Waals surface area contributed by atoms with E-state index < -0.39 is 15.6 Å². The average molecular weight is 419 g/mol. The van der Waals surface area contributed by atoms with Crippen LogP contribution in [0.15, 0.2) is 42.5 Å². The van der Waals surface area contributed by atoms with E-state index in [0.717, 1.165) is 16.1 Å². The Morgan fingerprint density at radius 1 is 1.24 bits per heavy atom. The van der Waals surface area contributed by atoms with Crippen LogP contribution in [-0.4, -0.2) is 40.3 Å². The first kappa shape index (κ1) is 21.0. The van der Waals surface area contributed by atoms with Crippen molar-refractivity contribution in [2.45, 2.75) is 31.9 Å². The lowest BCUT2D eigenvalue weighted by molar-refractivity contribution is 0.0617. The molecule has 2 aromatic rings. The van der Waals surface area contributed by atoms with E-state index in [0.29, 0.717) is 29.2 Å². The number of carbonyl (C=O) groups is 1. The van der Waals surface area contributed by atoms with Crippen molar-refractivity contribution in [1.29, 1.82) is 0 Å². The van der Waals surface area contributed by atoms with Crippen LogP contribution in [0.2, 0.25) is 0 Å². The van der Waals surface area contributed by atoms with E-state index in [2.05, 4.69) is 5.32 Å². The van der Waals surface area contributed by atoms with Crippen LogP contribution in [-0.2, 0) is 10.0 Å². The van der Waals surface area contributed by atoms with Gasteiger partial charge in [-0.2, -0.15) is 0 Å². The molecule has 1 N–H and O–H groups in total. The minimum Gasteiger partial charge on any atom is -0.497 e. The molecule has 156 valence electrons. The Hall–Kier alpha value is -2.74. The third kappa shape index (κ3) is 4.48. The molecule has 0 aromatic heterocycles. The highest BCUT2D eigenvalue weighted by Crippen LogP contribution is 2.41. The Morgan fingerprint density at radius 2 is 1.93 bits per heavy atom. The van der Waals surface area contributed by atoms with Gasteiger partial charge in [-0.3, -0.25) is 9.10 Å². The standard InChI is InChI=1S/C21H26N2O5S/c1-21(2)13-17(15-11-10-14(27-4)12-19(15)28-21)22-20(24)16-8-6-7-9-18(16)23(3)29(5,25)26/h6-12,17H,13H2,1-5H3,(H,22,24). The van der Waals surface area contributed by atoms with Crippen molar-refractivity contribution in [2.24, 2.45) is 0 Å². The van der Waals surface area contributed by atoms with Gasteiger partial charge in [0.25, 0.3) is 5.91 Å². The maximum Gasteiger partial charge on any atom is 0.253 e. The lowest BCUT2D eigenvalue weighted by Gasteiger charge is -2.38. The average Bonchev–Trinajstić information content (AvgIpc) is 2.65. The Kier molecular flexibility index (Phi) is 5.49. The zero-order valence-electron chi connectivity index (χ0n) is 17.2. The van der Waals surface area contributed by atoms with E-state index in [9.17, 15) is 13.2 Å². The third-order valence-corrected chi connectivity index (χ3v) is 6.16. The van der Waals surface area contributed by atoms with Gasteiger partial charge in [0.2, 0.25) is 10.0 Å². The number of hydrogen-bond donors (Lipinski definition) is 1. The maximum atomic E-state index is 13.1. The van der Waals surface area contributed by atoms with Crippen LogP contribution in [0.25, 0.3) is 0 Å². The van der Waals surface area contributed by atoms with Crippen molar-refractivity contribution in [3.8, 4) is 11.5 Å². The molecule has 1 aliphatic rings. The fraction of sp³-hybridized carbons (Fsp3) is 0.381. The molecule has 1 heterocycles. The number of fused-ring (bicyclic) bond motifs is 1. The molecule has 7 nitrogen and oxygen atoms in total. The molecule has 0 saturated heterocycles. The number of para-hydroxylation sites is 1. The van der Waals surface area contributed by atoms with Gasteiger partial charge in [-0.25, -0.2) is 8.42 Å². The molecule has 8 heteroatoms. The van der Waals surface area contributed by atoms with Gasteiger partial charge >= 0.3 is 0 Å². The number of carbonyl (C=O) groups excluding carboxylic acids is 1. The van der Waals surface area contributed by atoms with Gasteiger partial charge < -0.3 is 14.8 Å². The van der Waals surface area contributed by atoms with Crippen LogP contribution < -0.4 is 19.1 Å². The molecule has 1 aliphatic heterocycles. The summed E-state index contributed by atoms with van der Waals surface area (Å²) in [6.45, 7) is 3.92. The van der Waals surface area contributed by atoms with Crippen LogP contribution >= 0.6 is 0 Å². The van der Waals surface area contributed by atoms with Gasteiger partial charge in [0, 0.05) is 25.1 Å². The van der Waals surface area contributed by atoms with Crippen molar-refractivity contribution in [1.82, 2.24) is 5.32 Å². The molecule has 1 amide bonds. The summed E-state index contributed by atoms with van der Waals surface area (Å²) >= 11 is 0. The maximum absolute atomic E-state index is 13.1. The summed E-state index contributed by atoms with van der Waals surface area (Å²) in [5.74, 6) is 0.986. The predicted octanol–water partition coefficient (Wildman–Crippen LogP) is 3.12. The first-order chi connectivity index (χ1) is 13.5. The van der Waals surface area contributed by atoms with Crippen molar-refractivity contribution in [3.05, 3.63) is 53.6 Å². The highest BCUT2D eigenvalue weighted by atomic mass is 32.2. The van der Waals surface area contributed by atoms with Gasteiger partial charge in [-0.15, -0.1) is 0 Å². The number of sulfonamides is 1. The quantitative estimate of drug-likeness (QED) is 0.806. The molecule has 0 saturated carbocycles. The summed E-state index contributed by atoms with van der Waals surface area (Å²) < 4.78 is 36.4. The minimum atomic E-state index is -3.50. The third-order valence-electron chi connectivity index (χ3n) is 4.97. The van der Waals surface area contributed by atoms with Gasteiger partial charge in [-0.1, -0.05) is 12.1 Å². The predicted molar refractivity (Wildman–Crippen MR) is 112 cm³/mol. The van der Waals surface area contributed by atoms with Gasteiger partial charge in [0.15, 0.2) is 0 Å². The van der Waals surface area contributed by atoms with E-state index in [-0.39, 0.29) is 11.9 Å². The fourth-order valence-corrected chi connectivity index (χ4v) is 3.96. The van der Waals surface area contributed by atoms with E-state index in [1.54, 1.807) is 37.4 Å². The van der Waals surface area contributed by atoms with Crippen LogP contribution in [0.1, 0.15) is 42.2 Å². The molecule has 0 spiro atoms. The van der Waals surface area contributed by atoms with Crippen molar-refractivity contribution in [2.75, 3.05) is 24.7 Å². The molecule has 0 aliphatic carbocycles. The number of ether oxygens (including phenoxy) is 2. The topological polar surface area (TPSA) is 84.9 Å². The Balaban J connectivity index is 1.95. The number of anilines is 1. The Bertz CT molecular complexity index is 1030. The molecule has 29 heavy (non-hydrogen) atoms. The molecule has 2 aromatic carbocycles. The number of amides is 1. The second-order valence-corrected chi connectivity index (χ2v) is 9.76. The summed E-state index contributed by atoms with van der Waals surface area (Å²) in [7, 11) is -0.482. The molecule has 1 unspecified atom stereocenters. The monoisotopic (exact) mass is 418 g/mol. The lowest BCUT2D eigenvalue weighted by Crippen LogP contribution is -2.41. The zero-order valence-corrected chi connectivity index (χ0v) is 18.0. The molecule has 1 atom stereocenters. The Morgan fingerprint density at radius 3 is 2.59 bits per heavy atom. The number of methoxy groups -OCH3 is 1. The number of rotatable bonds is 5. The second-order valence-electron chi connectivity index (χ2n) is 7.74. The van der Waals surface area contributed by atoms with E-state index in [4.69, 9.17) is 9.47 Å². The smallest absolute Gasteiger partial charge is 0.253 e. The molecular formula is C21H26N2O5S.